The van der Waals surface area contributed by atoms with Gasteiger partial charge in [0.05, 0.1) is 18.6 Å². The molecule has 2 rings (SSSR count). The quantitative estimate of drug-likeness (QED) is 0.670. The average molecular weight is 379 g/mol. The minimum atomic E-state index is -0.156. The maximum absolute atomic E-state index is 12.5. The molecule has 0 aliphatic carbocycles. The molecular formula is C17H25N5O3S. The maximum atomic E-state index is 12.5. The Morgan fingerprint density at radius 2 is 2.12 bits per heavy atom. The Kier molecular flexibility index (Phi) is 7.26. The Hall–Kier alpha value is -2.29. The predicted molar refractivity (Wildman–Crippen MR) is 99.7 cm³/mol. The fraction of sp³-hybridized carbons (Fsp3) is 0.529. The topological polar surface area (TPSA) is 93.3 Å². The van der Waals surface area contributed by atoms with Gasteiger partial charge in [-0.2, -0.15) is 0 Å². The zero-order valence-electron chi connectivity index (χ0n) is 15.6. The van der Waals surface area contributed by atoms with Gasteiger partial charge >= 0.3 is 0 Å². The zero-order chi connectivity index (χ0) is 19.1. The molecule has 2 heterocycles. The van der Waals surface area contributed by atoms with Crippen LogP contribution in [0.5, 0.6) is 0 Å². The lowest BCUT2D eigenvalue weighted by Gasteiger charge is -2.21. The van der Waals surface area contributed by atoms with Crippen molar-refractivity contribution in [1.29, 1.82) is 0 Å². The van der Waals surface area contributed by atoms with E-state index in [1.54, 1.807) is 12.3 Å². The molecule has 142 valence electrons. The van der Waals surface area contributed by atoms with Crippen molar-refractivity contribution in [2.45, 2.75) is 45.4 Å². The number of thioether (sulfide) groups is 1. The molecule has 0 radical (unpaired) electrons. The number of furan rings is 1. The van der Waals surface area contributed by atoms with Crippen molar-refractivity contribution in [1.82, 2.24) is 25.0 Å². The highest BCUT2D eigenvalue weighted by atomic mass is 32.2. The Labute approximate surface area is 157 Å². The van der Waals surface area contributed by atoms with Gasteiger partial charge in [0.25, 0.3) is 0 Å². The lowest BCUT2D eigenvalue weighted by atomic mass is 10.3. The van der Waals surface area contributed by atoms with Crippen molar-refractivity contribution in [3.63, 3.8) is 0 Å². The Morgan fingerprint density at radius 1 is 1.35 bits per heavy atom. The van der Waals surface area contributed by atoms with Crippen LogP contribution in [-0.2, 0) is 16.1 Å². The number of hydrogen-bond donors (Lipinski definition) is 1. The summed E-state index contributed by atoms with van der Waals surface area (Å²) < 4.78 is 7.28. The standard InChI is InChI=1S/C17H25N5O3S/c1-5-21(10-14(23)18-12(3)4)15(24)11-26-17-20-19-16(22(17)6-2)13-8-7-9-25-13/h7-9,12H,5-6,10-11H2,1-4H3,(H,18,23). The number of aromatic nitrogens is 3. The SMILES string of the molecule is CCN(CC(=O)NC(C)C)C(=O)CSc1nnc(-c2ccco2)n1CC. The molecule has 0 bridgehead atoms. The number of rotatable bonds is 9. The first-order valence-electron chi connectivity index (χ1n) is 8.63. The predicted octanol–water partition coefficient (Wildman–Crippen LogP) is 2.02. The molecule has 0 saturated heterocycles. The van der Waals surface area contributed by atoms with E-state index in [4.69, 9.17) is 4.42 Å². The lowest BCUT2D eigenvalue weighted by Crippen LogP contribution is -2.43. The van der Waals surface area contributed by atoms with Crippen molar-refractivity contribution in [3.05, 3.63) is 18.4 Å². The van der Waals surface area contributed by atoms with E-state index in [0.29, 0.717) is 29.8 Å². The van der Waals surface area contributed by atoms with Crippen LogP contribution in [0, 0.1) is 0 Å². The first-order chi connectivity index (χ1) is 12.5. The lowest BCUT2D eigenvalue weighted by molar-refractivity contribution is -0.134. The second-order valence-corrected chi connectivity index (χ2v) is 6.89. The average Bonchev–Trinajstić information content (AvgIpc) is 3.25. The molecule has 0 aliphatic heterocycles. The van der Waals surface area contributed by atoms with Crippen molar-refractivity contribution < 1.29 is 14.0 Å². The molecular weight excluding hydrogens is 354 g/mol. The van der Waals surface area contributed by atoms with Gasteiger partial charge in [-0.25, -0.2) is 0 Å². The van der Waals surface area contributed by atoms with Crippen LogP contribution < -0.4 is 5.32 Å². The van der Waals surface area contributed by atoms with Crippen LogP contribution >= 0.6 is 11.8 Å². The van der Waals surface area contributed by atoms with Crippen LogP contribution in [0.25, 0.3) is 11.6 Å². The van der Waals surface area contributed by atoms with Crippen LogP contribution in [0.15, 0.2) is 28.0 Å². The molecule has 2 amide bonds. The van der Waals surface area contributed by atoms with E-state index in [2.05, 4.69) is 15.5 Å². The van der Waals surface area contributed by atoms with E-state index in [1.165, 1.54) is 16.7 Å². The fourth-order valence-electron chi connectivity index (χ4n) is 2.40. The van der Waals surface area contributed by atoms with Crippen molar-refractivity contribution in [2.24, 2.45) is 0 Å². The first-order valence-corrected chi connectivity index (χ1v) is 9.61. The highest BCUT2D eigenvalue weighted by Gasteiger charge is 2.19. The van der Waals surface area contributed by atoms with Crippen LogP contribution in [0.2, 0.25) is 0 Å². The molecule has 2 aromatic rings. The number of carbonyl (C=O) groups is 2. The molecule has 2 aromatic heterocycles. The molecule has 0 fully saturated rings. The van der Waals surface area contributed by atoms with E-state index in [9.17, 15) is 9.59 Å². The van der Waals surface area contributed by atoms with Crippen LogP contribution in [0.1, 0.15) is 27.7 Å². The molecule has 0 unspecified atom stereocenters. The minimum absolute atomic E-state index is 0.0498. The van der Waals surface area contributed by atoms with Crippen molar-refractivity contribution >= 4 is 23.6 Å². The van der Waals surface area contributed by atoms with Crippen molar-refractivity contribution in [3.8, 4) is 11.6 Å². The highest BCUT2D eigenvalue weighted by Crippen LogP contribution is 2.24. The van der Waals surface area contributed by atoms with E-state index in [0.717, 1.165) is 0 Å². The number of nitrogens with one attached hydrogen (secondary N) is 1. The van der Waals surface area contributed by atoms with Gasteiger partial charge in [0.1, 0.15) is 0 Å². The maximum Gasteiger partial charge on any atom is 0.239 e. The number of amides is 2. The van der Waals surface area contributed by atoms with Gasteiger partial charge in [-0.1, -0.05) is 11.8 Å². The molecule has 0 aliphatic rings. The fourth-order valence-corrected chi connectivity index (χ4v) is 3.31. The normalized spacial score (nSPS) is 11.0. The Morgan fingerprint density at radius 3 is 2.69 bits per heavy atom. The van der Waals surface area contributed by atoms with Gasteiger partial charge < -0.3 is 14.6 Å². The molecule has 9 heteroatoms. The molecule has 8 nitrogen and oxygen atoms in total. The number of likely N-dealkylation sites (N-methyl/N-ethyl adjacent to an activating group) is 1. The second-order valence-electron chi connectivity index (χ2n) is 5.95. The zero-order valence-corrected chi connectivity index (χ0v) is 16.4. The van der Waals surface area contributed by atoms with Crippen molar-refractivity contribution in [2.75, 3.05) is 18.8 Å². The van der Waals surface area contributed by atoms with Crippen LogP contribution in [0.4, 0.5) is 0 Å². The molecule has 1 N–H and O–H groups in total. The monoisotopic (exact) mass is 379 g/mol. The second kappa shape index (κ2) is 9.42. The van der Waals surface area contributed by atoms with Gasteiger partial charge in [-0.3, -0.25) is 14.2 Å². The molecule has 0 aromatic carbocycles. The Bertz CT molecular complexity index is 727. The summed E-state index contributed by atoms with van der Waals surface area (Å²) in [5.74, 6) is 1.20. The summed E-state index contributed by atoms with van der Waals surface area (Å²) in [5.41, 5.74) is 0. The van der Waals surface area contributed by atoms with Gasteiger partial charge in [0.2, 0.25) is 11.8 Å². The number of nitrogens with zero attached hydrogens (tertiary/aromatic N) is 4. The van der Waals surface area contributed by atoms with E-state index in [-0.39, 0.29) is 30.2 Å². The third-order valence-electron chi connectivity index (χ3n) is 3.62. The largest absolute Gasteiger partial charge is 0.461 e. The summed E-state index contributed by atoms with van der Waals surface area (Å²) in [6.45, 7) is 8.81. The summed E-state index contributed by atoms with van der Waals surface area (Å²) in [5, 5.41) is 11.8. The molecule has 26 heavy (non-hydrogen) atoms. The van der Waals surface area contributed by atoms with E-state index < -0.39 is 0 Å². The molecule has 0 spiro atoms. The van der Waals surface area contributed by atoms with Crippen LogP contribution in [0.3, 0.4) is 0 Å². The highest BCUT2D eigenvalue weighted by molar-refractivity contribution is 7.99. The van der Waals surface area contributed by atoms with Crippen LogP contribution in [-0.4, -0.2) is 56.4 Å². The summed E-state index contributed by atoms with van der Waals surface area (Å²) in [4.78, 5) is 25.9. The van der Waals surface area contributed by atoms with E-state index >= 15 is 0 Å². The number of hydrogen-bond acceptors (Lipinski definition) is 6. The Balaban J connectivity index is 1.99. The van der Waals surface area contributed by atoms with Gasteiger partial charge in [-0.15, -0.1) is 10.2 Å². The van der Waals surface area contributed by atoms with Gasteiger partial charge in [0.15, 0.2) is 16.7 Å². The third-order valence-corrected chi connectivity index (χ3v) is 4.57. The van der Waals surface area contributed by atoms with E-state index in [1.807, 2.05) is 38.3 Å². The summed E-state index contributed by atoms with van der Waals surface area (Å²) >= 11 is 1.31. The summed E-state index contributed by atoms with van der Waals surface area (Å²) in [6, 6.07) is 3.66. The first kappa shape index (κ1) is 20.0. The van der Waals surface area contributed by atoms with Gasteiger partial charge in [-0.05, 0) is 39.8 Å². The smallest absolute Gasteiger partial charge is 0.239 e. The number of carbonyl (C=O) groups excluding carboxylic acids is 2. The minimum Gasteiger partial charge on any atom is -0.461 e. The van der Waals surface area contributed by atoms with Gasteiger partial charge in [0, 0.05) is 19.1 Å². The summed E-state index contributed by atoms with van der Waals surface area (Å²) in [6.07, 6.45) is 1.59. The molecule has 0 saturated carbocycles. The third kappa shape index (κ3) is 5.10. The summed E-state index contributed by atoms with van der Waals surface area (Å²) in [7, 11) is 0. The molecule has 0 atom stereocenters.